The van der Waals surface area contributed by atoms with Crippen LogP contribution < -0.4 is 0 Å². The van der Waals surface area contributed by atoms with Crippen molar-refractivity contribution in [2.24, 2.45) is 52.3 Å². The van der Waals surface area contributed by atoms with Crippen molar-refractivity contribution in [2.45, 2.75) is 117 Å². The van der Waals surface area contributed by atoms with Crippen LogP contribution in [-0.4, -0.2) is 22.9 Å². The fourth-order valence-electron chi connectivity index (χ4n) is 9.97. The zero-order valence-corrected chi connectivity index (χ0v) is 22.0. The van der Waals surface area contributed by atoms with Crippen LogP contribution in [0.15, 0.2) is 11.6 Å². The highest BCUT2D eigenvalue weighted by atomic mass is 16.5. The van der Waals surface area contributed by atoms with E-state index in [4.69, 9.17) is 4.74 Å². The molecule has 0 radical (unpaired) electrons. The molecule has 32 heavy (non-hydrogen) atoms. The molecule has 0 bridgehead atoms. The lowest BCUT2D eigenvalue weighted by atomic mass is 9.45. The largest absolute Gasteiger partial charge is 0.389 e. The summed E-state index contributed by atoms with van der Waals surface area (Å²) >= 11 is 0. The van der Waals surface area contributed by atoms with Crippen LogP contribution in [0.25, 0.3) is 0 Å². The third kappa shape index (κ3) is 3.03. The number of hydrogen-bond acceptors (Lipinski definition) is 2. The van der Waals surface area contributed by atoms with Gasteiger partial charge in [0.25, 0.3) is 0 Å². The van der Waals surface area contributed by atoms with Gasteiger partial charge in [-0.1, -0.05) is 53.2 Å². The maximum absolute atomic E-state index is 12.7. The highest BCUT2D eigenvalue weighted by Crippen LogP contribution is 2.70. The van der Waals surface area contributed by atoms with Gasteiger partial charge in [-0.25, -0.2) is 0 Å². The van der Waals surface area contributed by atoms with Crippen molar-refractivity contribution < 1.29 is 9.84 Å². The maximum Gasteiger partial charge on any atom is 0.0781 e. The fraction of sp³-hybridized carbons (Fsp3) is 0.933. The zero-order chi connectivity index (χ0) is 23.1. The number of allylic oxidation sites excluding steroid dienone is 2. The normalized spacial score (nSPS) is 56.6. The summed E-state index contributed by atoms with van der Waals surface area (Å²) in [4.78, 5) is 0. The lowest BCUT2D eigenvalue weighted by Crippen LogP contribution is -2.62. The first-order chi connectivity index (χ1) is 15.0. The molecule has 0 amide bonds. The Morgan fingerprint density at radius 1 is 0.969 bits per heavy atom. The van der Waals surface area contributed by atoms with Gasteiger partial charge in [0.1, 0.15) is 0 Å². The van der Waals surface area contributed by atoms with Gasteiger partial charge in [-0.05, 0) is 106 Å². The Bertz CT molecular complexity index is 763. The van der Waals surface area contributed by atoms with Gasteiger partial charge in [0.2, 0.25) is 0 Å². The number of fused-ring (bicyclic) bond motifs is 5. The predicted molar refractivity (Wildman–Crippen MR) is 132 cm³/mol. The summed E-state index contributed by atoms with van der Waals surface area (Å²) in [5.41, 5.74) is 1.37. The predicted octanol–water partition coefficient (Wildman–Crippen LogP) is 7.40. The molecule has 2 nitrogen and oxygen atoms in total. The zero-order valence-electron chi connectivity index (χ0n) is 22.0. The molecule has 1 heterocycles. The number of ether oxygens (including phenoxy) is 1. The summed E-state index contributed by atoms with van der Waals surface area (Å²) in [5, 5.41) is 12.7. The van der Waals surface area contributed by atoms with E-state index in [0.29, 0.717) is 23.2 Å². The molecule has 0 aromatic rings. The average molecular weight is 443 g/mol. The fourth-order valence-corrected chi connectivity index (χ4v) is 9.97. The van der Waals surface area contributed by atoms with Crippen LogP contribution in [0.1, 0.15) is 106 Å². The molecule has 5 rings (SSSR count). The molecule has 8 unspecified atom stereocenters. The Hall–Kier alpha value is -0.340. The number of hydrogen-bond donors (Lipinski definition) is 1. The van der Waals surface area contributed by atoms with Crippen LogP contribution in [0.5, 0.6) is 0 Å². The van der Waals surface area contributed by atoms with E-state index in [1.54, 1.807) is 5.57 Å². The molecule has 182 valence electrons. The van der Waals surface area contributed by atoms with Gasteiger partial charge in [-0.15, -0.1) is 0 Å². The van der Waals surface area contributed by atoms with E-state index in [1.807, 2.05) is 0 Å². The Balaban J connectivity index is 1.46. The summed E-state index contributed by atoms with van der Waals surface area (Å²) in [6, 6.07) is 0. The standard InChI is InChI=1S/C30H50O2/c1-19-10-13-27(5)23(16-19)8-9-24-25(27)12-14-28(6)26(24)17-21(3)30(28,31)22(4)29(7)15-11-20(2)18-32-29/h8,19-22,24-26,31H,9-18H2,1-7H3/t19?,20?,21?,22-,24?,25?,26?,27+,28+,29?,30?/m1/s1. The maximum atomic E-state index is 12.7. The van der Waals surface area contributed by atoms with Crippen molar-refractivity contribution in [1.29, 1.82) is 0 Å². The molecular weight excluding hydrogens is 392 g/mol. The van der Waals surface area contributed by atoms with Crippen LogP contribution in [-0.2, 0) is 4.74 Å². The minimum absolute atomic E-state index is 0.00605. The molecule has 0 spiro atoms. The van der Waals surface area contributed by atoms with E-state index in [-0.39, 0.29) is 16.9 Å². The van der Waals surface area contributed by atoms with Gasteiger partial charge in [-0.2, -0.15) is 0 Å². The van der Waals surface area contributed by atoms with E-state index in [2.05, 4.69) is 54.5 Å². The molecule has 4 aliphatic carbocycles. The Morgan fingerprint density at radius 2 is 1.69 bits per heavy atom. The van der Waals surface area contributed by atoms with Crippen molar-refractivity contribution in [1.82, 2.24) is 0 Å². The molecule has 1 saturated heterocycles. The summed E-state index contributed by atoms with van der Waals surface area (Å²) in [7, 11) is 0. The first-order valence-electron chi connectivity index (χ1n) is 14.0. The first-order valence-corrected chi connectivity index (χ1v) is 14.0. The number of rotatable bonds is 2. The lowest BCUT2D eigenvalue weighted by molar-refractivity contribution is -0.225. The van der Waals surface area contributed by atoms with Crippen molar-refractivity contribution in [2.75, 3.05) is 6.61 Å². The van der Waals surface area contributed by atoms with Crippen LogP contribution in [0.2, 0.25) is 0 Å². The van der Waals surface area contributed by atoms with Crippen molar-refractivity contribution in [3.8, 4) is 0 Å². The van der Waals surface area contributed by atoms with Crippen molar-refractivity contribution in [3.63, 3.8) is 0 Å². The Kier molecular flexibility index (Phi) is 5.54. The Labute approximate surface area is 198 Å². The molecule has 3 saturated carbocycles. The first kappa shape index (κ1) is 23.4. The second kappa shape index (κ2) is 7.58. The molecule has 11 atom stereocenters. The Morgan fingerprint density at radius 3 is 2.38 bits per heavy atom. The quantitative estimate of drug-likeness (QED) is 0.451. The van der Waals surface area contributed by atoms with E-state index in [9.17, 15) is 5.11 Å². The lowest BCUT2D eigenvalue weighted by Gasteiger charge is -2.61. The van der Waals surface area contributed by atoms with Gasteiger partial charge in [0.15, 0.2) is 0 Å². The molecule has 0 aromatic heterocycles. The van der Waals surface area contributed by atoms with Crippen LogP contribution in [0.4, 0.5) is 0 Å². The smallest absolute Gasteiger partial charge is 0.0781 e. The minimum Gasteiger partial charge on any atom is -0.389 e. The number of aliphatic hydroxyl groups is 1. The van der Waals surface area contributed by atoms with Crippen LogP contribution in [0.3, 0.4) is 0 Å². The molecule has 2 heteroatoms. The van der Waals surface area contributed by atoms with E-state index in [1.165, 1.54) is 51.4 Å². The summed E-state index contributed by atoms with van der Waals surface area (Å²) < 4.78 is 6.52. The molecular formula is C30H50O2. The topological polar surface area (TPSA) is 29.5 Å². The van der Waals surface area contributed by atoms with E-state index < -0.39 is 5.60 Å². The highest BCUT2D eigenvalue weighted by molar-refractivity contribution is 5.27. The third-order valence-electron chi connectivity index (χ3n) is 12.4. The van der Waals surface area contributed by atoms with Crippen molar-refractivity contribution >= 4 is 0 Å². The summed E-state index contributed by atoms with van der Waals surface area (Å²) in [6.07, 6.45) is 14.0. The SMILES string of the molecule is CC1CCC(C)([C@@H](C)C2(O)C(C)CC3C4CC=C5CC(C)CC[C@]5(C)C4CC[C@@]32C)OC1. The third-order valence-corrected chi connectivity index (χ3v) is 12.4. The van der Waals surface area contributed by atoms with Crippen molar-refractivity contribution in [3.05, 3.63) is 11.6 Å². The highest BCUT2D eigenvalue weighted by Gasteiger charge is 2.69. The monoisotopic (exact) mass is 442 g/mol. The molecule has 5 aliphatic rings. The summed E-state index contributed by atoms with van der Waals surface area (Å²) in [6.45, 7) is 17.7. The van der Waals surface area contributed by atoms with Gasteiger partial charge >= 0.3 is 0 Å². The van der Waals surface area contributed by atoms with Gasteiger partial charge < -0.3 is 9.84 Å². The minimum atomic E-state index is -0.635. The summed E-state index contributed by atoms with van der Waals surface area (Å²) in [5.74, 6) is 4.23. The molecule has 4 fully saturated rings. The molecule has 0 aromatic carbocycles. The van der Waals surface area contributed by atoms with Gasteiger partial charge in [0.05, 0.1) is 11.2 Å². The van der Waals surface area contributed by atoms with Crippen LogP contribution in [0, 0.1) is 52.3 Å². The second-order valence-corrected chi connectivity index (χ2v) is 14.0. The van der Waals surface area contributed by atoms with Gasteiger partial charge in [0, 0.05) is 17.9 Å². The van der Waals surface area contributed by atoms with Crippen LogP contribution >= 0.6 is 0 Å². The molecule has 1 aliphatic heterocycles. The van der Waals surface area contributed by atoms with E-state index >= 15 is 0 Å². The van der Waals surface area contributed by atoms with Gasteiger partial charge in [-0.3, -0.25) is 0 Å². The average Bonchev–Trinajstić information content (AvgIpc) is 2.97. The molecule has 1 N–H and O–H groups in total. The second-order valence-electron chi connectivity index (χ2n) is 14.0. The van der Waals surface area contributed by atoms with E-state index in [0.717, 1.165) is 30.8 Å².